The summed E-state index contributed by atoms with van der Waals surface area (Å²) in [7, 11) is 0. The number of thioether (sulfide) groups is 1. The molecule has 2 amide bonds. The molecule has 1 N–H and O–H groups in total. The van der Waals surface area contributed by atoms with Gasteiger partial charge in [0.05, 0.1) is 10.6 Å². The van der Waals surface area contributed by atoms with Gasteiger partial charge < -0.3 is 10.1 Å². The zero-order chi connectivity index (χ0) is 25.1. The van der Waals surface area contributed by atoms with E-state index in [0.29, 0.717) is 25.7 Å². The molecule has 0 aliphatic carbocycles. The fourth-order valence-corrected chi connectivity index (χ4v) is 4.99. The fourth-order valence-electron chi connectivity index (χ4n) is 3.51. The maximum absolute atomic E-state index is 13.0. The Balaban J connectivity index is 1.38. The van der Waals surface area contributed by atoms with Gasteiger partial charge in [0, 0.05) is 10.7 Å². The summed E-state index contributed by atoms with van der Waals surface area (Å²) >= 11 is 12.9. The maximum atomic E-state index is 13.0. The summed E-state index contributed by atoms with van der Waals surface area (Å²) in [4.78, 5) is 27.3. The van der Waals surface area contributed by atoms with Crippen molar-refractivity contribution in [2.24, 2.45) is 0 Å². The number of nitrogens with one attached hydrogen (secondary N) is 1. The quantitative estimate of drug-likeness (QED) is 0.289. The van der Waals surface area contributed by atoms with E-state index in [2.05, 4.69) is 5.32 Å². The highest BCUT2D eigenvalue weighted by Gasteiger charge is 2.33. The zero-order valence-electron chi connectivity index (χ0n) is 19.4. The Kier molecular flexibility index (Phi) is 7.60. The van der Waals surface area contributed by atoms with Crippen molar-refractivity contribution in [3.63, 3.8) is 0 Å². The summed E-state index contributed by atoms with van der Waals surface area (Å²) in [6, 6.07) is 18.5. The van der Waals surface area contributed by atoms with Crippen molar-refractivity contribution >= 4 is 69.2 Å². The Bertz CT molecular complexity index is 1350. The molecule has 0 atom stereocenters. The van der Waals surface area contributed by atoms with Crippen LogP contribution in [-0.4, -0.2) is 22.7 Å². The number of rotatable bonds is 6. The van der Waals surface area contributed by atoms with E-state index in [9.17, 15) is 9.59 Å². The first-order valence-electron chi connectivity index (χ1n) is 10.9. The molecule has 0 unspecified atom stereocenters. The van der Waals surface area contributed by atoms with E-state index in [-0.39, 0.29) is 18.4 Å². The van der Waals surface area contributed by atoms with Crippen LogP contribution in [0.2, 0.25) is 5.02 Å². The number of aryl methyl sites for hydroxylation is 3. The lowest BCUT2D eigenvalue weighted by atomic mass is 10.1. The summed E-state index contributed by atoms with van der Waals surface area (Å²) < 4.78 is 6.07. The number of thiocarbonyl (C=S) groups is 1. The minimum absolute atomic E-state index is 0.107. The van der Waals surface area contributed by atoms with Crippen molar-refractivity contribution in [2.75, 3.05) is 16.8 Å². The molecule has 1 heterocycles. The van der Waals surface area contributed by atoms with Crippen LogP contribution in [0.4, 0.5) is 11.4 Å². The largest absolute Gasteiger partial charge is 0.484 e. The Hall–Kier alpha value is -3.13. The van der Waals surface area contributed by atoms with Crippen LogP contribution in [0, 0.1) is 20.8 Å². The number of amides is 2. The molecule has 0 spiro atoms. The van der Waals surface area contributed by atoms with Gasteiger partial charge in [-0.15, -0.1) is 0 Å². The van der Waals surface area contributed by atoms with E-state index >= 15 is 0 Å². The maximum Gasteiger partial charge on any atom is 0.270 e. The lowest BCUT2D eigenvalue weighted by molar-refractivity contribution is -0.118. The molecule has 1 fully saturated rings. The number of nitrogens with zero attached hydrogens (tertiary/aromatic N) is 1. The van der Waals surface area contributed by atoms with Crippen molar-refractivity contribution in [3.05, 3.63) is 92.8 Å². The molecule has 4 rings (SSSR count). The molecule has 3 aromatic carbocycles. The fraction of sp³-hybridized carbons (Fsp3) is 0.148. The molecule has 178 valence electrons. The molecule has 3 aromatic rings. The lowest BCUT2D eigenvalue weighted by Crippen LogP contribution is -2.27. The van der Waals surface area contributed by atoms with Crippen LogP contribution in [0.15, 0.2) is 65.6 Å². The Morgan fingerprint density at radius 3 is 2.49 bits per heavy atom. The van der Waals surface area contributed by atoms with E-state index in [0.717, 1.165) is 27.9 Å². The van der Waals surface area contributed by atoms with Crippen molar-refractivity contribution in [1.29, 1.82) is 0 Å². The third-order valence-electron chi connectivity index (χ3n) is 5.41. The Morgan fingerprint density at radius 2 is 1.80 bits per heavy atom. The standard InChI is InChI=1S/C27H23ClN2O3S2/c1-16-4-11-23(18(3)12-16)29-25(31)15-33-21-9-6-19(7-10-21)13-24-26(32)30(27(34)35-24)20-8-5-17(2)22(28)14-20/h4-14H,15H2,1-3H3,(H,29,31)/b24-13-. The summed E-state index contributed by atoms with van der Waals surface area (Å²) in [5, 5.41) is 3.44. The predicted molar refractivity (Wildman–Crippen MR) is 148 cm³/mol. The highest BCUT2D eigenvalue weighted by atomic mass is 35.5. The molecule has 8 heteroatoms. The number of carbonyl (C=O) groups excluding carboxylic acids is 2. The number of hydrogen-bond acceptors (Lipinski definition) is 5. The predicted octanol–water partition coefficient (Wildman–Crippen LogP) is 6.69. The molecular formula is C27H23ClN2O3S2. The first-order valence-corrected chi connectivity index (χ1v) is 12.5. The SMILES string of the molecule is Cc1ccc(NC(=O)COc2ccc(/C=C3\SC(=S)N(c4ccc(C)c(Cl)c4)C3=O)cc2)c(C)c1. The molecule has 0 saturated carbocycles. The Labute approximate surface area is 219 Å². The third kappa shape index (κ3) is 5.93. The average molecular weight is 523 g/mol. The van der Waals surface area contributed by atoms with Crippen LogP contribution in [0.1, 0.15) is 22.3 Å². The smallest absolute Gasteiger partial charge is 0.270 e. The summed E-state index contributed by atoms with van der Waals surface area (Å²) in [6.07, 6.45) is 1.78. The molecule has 1 saturated heterocycles. The Morgan fingerprint density at radius 1 is 1.06 bits per heavy atom. The van der Waals surface area contributed by atoms with Crippen LogP contribution < -0.4 is 15.0 Å². The molecule has 1 aliphatic heterocycles. The molecule has 5 nitrogen and oxygen atoms in total. The second-order valence-electron chi connectivity index (χ2n) is 8.17. The molecular weight excluding hydrogens is 500 g/mol. The number of carbonyl (C=O) groups is 2. The number of halogens is 1. The van der Waals surface area contributed by atoms with Crippen LogP contribution in [-0.2, 0) is 9.59 Å². The molecule has 1 aliphatic rings. The zero-order valence-corrected chi connectivity index (χ0v) is 21.8. The summed E-state index contributed by atoms with van der Waals surface area (Å²) in [5.74, 6) is 0.129. The van der Waals surface area contributed by atoms with Crippen molar-refractivity contribution < 1.29 is 14.3 Å². The average Bonchev–Trinajstić information content (AvgIpc) is 3.10. The van der Waals surface area contributed by atoms with Gasteiger partial charge in [0.1, 0.15) is 5.75 Å². The van der Waals surface area contributed by atoms with E-state index < -0.39 is 0 Å². The highest BCUT2D eigenvalue weighted by molar-refractivity contribution is 8.27. The monoisotopic (exact) mass is 522 g/mol. The van der Waals surface area contributed by atoms with E-state index in [1.54, 1.807) is 24.3 Å². The number of hydrogen-bond donors (Lipinski definition) is 1. The van der Waals surface area contributed by atoms with Crippen molar-refractivity contribution in [3.8, 4) is 5.75 Å². The van der Waals surface area contributed by atoms with Gasteiger partial charge in [-0.3, -0.25) is 14.5 Å². The highest BCUT2D eigenvalue weighted by Crippen LogP contribution is 2.37. The van der Waals surface area contributed by atoms with Gasteiger partial charge in [-0.25, -0.2) is 0 Å². The molecule has 0 radical (unpaired) electrons. The first-order chi connectivity index (χ1) is 16.7. The summed E-state index contributed by atoms with van der Waals surface area (Å²) in [6.45, 7) is 5.75. The topological polar surface area (TPSA) is 58.6 Å². The van der Waals surface area contributed by atoms with E-state index in [4.69, 9.17) is 28.6 Å². The van der Waals surface area contributed by atoms with Gasteiger partial charge >= 0.3 is 0 Å². The minimum Gasteiger partial charge on any atom is -0.484 e. The van der Waals surface area contributed by atoms with Gasteiger partial charge in [-0.2, -0.15) is 0 Å². The van der Waals surface area contributed by atoms with Crippen LogP contribution in [0.25, 0.3) is 6.08 Å². The second-order valence-corrected chi connectivity index (χ2v) is 10.3. The lowest BCUT2D eigenvalue weighted by Gasteiger charge is -2.15. The molecule has 0 aromatic heterocycles. The van der Waals surface area contributed by atoms with Gasteiger partial charge in [-0.05, 0) is 73.9 Å². The summed E-state index contributed by atoms with van der Waals surface area (Å²) in [5.41, 5.74) is 5.30. The molecule has 0 bridgehead atoms. The van der Waals surface area contributed by atoms with Gasteiger partial charge in [-0.1, -0.05) is 71.5 Å². The van der Waals surface area contributed by atoms with Gasteiger partial charge in [0.25, 0.3) is 11.8 Å². The van der Waals surface area contributed by atoms with Crippen molar-refractivity contribution in [2.45, 2.75) is 20.8 Å². The third-order valence-corrected chi connectivity index (χ3v) is 7.12. The number of ether oxygens (including phenoxy) is 1. The van der Waals surface area contributed by atoms with E-state index in [1.807, 2.05) is 63.2 Å². The van der Waals surface area contributed by atoms with Gasteiger partial charge in [0.2, 0.25) is 0 Å². The normalized spacial score (nSPS) is 14.5. The van der Waals surface area contributed by atoms with Crippen LogP contribution >= 0.6 is 35.6 Å². The van der Waals surface area contributed by atoms with Crippen molar-refractivity contribution in [1.82, 2.24) is 0 Å². The number of benzene rings is 3. The van der Waals surface area contributed by atoms with Crippen LogP contribution in [0.3, 0.4) is 0 Å². The van der Waals surface area contributed by atoms with E-state index in [1.165, 1.54) is 16.7 Å². The van der Waals surface area contributed by atoms with Gasteiger partial charge in [0.15, 0.2) is 10.9 Å². The number of anilines is 2. The first kappa shape index (κ1) is 25.0. The van der Waals surface area contributed by atoms with Crippen LogP contribution in [0.5, 0.6) is 5.75 Å². The molecule has 35 heavy (non-hydrogen) atoms. The second kappa shape index (κ2) is 10.6. The minimum atomic E-state index is -0.235.